The standard InChI is InChI=1S/C22H13N/c1-2-10-18-15(7-1)21-16-8-3-5-13-11-12-14-6-4-9-17(22(21)23-18)20(14)19(13)16/h1-12,23H. The van der Waals surface area contributed by atoms with Gasteiger partial charge >= 0.3 is 0 Å². The van der Waals surface area contributed by atoms with Gasteiger partial charge in [-0.25, -0.2) is 0 Å². The summed E-state index contributed by atoms with van der Waals surface area (Å²) < 4.78 is 0. The van der Waals surface area contributed by atoms with Gasteiger partial charge < -0.3 is 4.98 Å². The van der Waals surface area contributed by atoms with Gasteiger partial charge in [-0.3, -0.25) is 0 Å². The Hall–Kier alpha value is -3.06. The van der Waals surface area contributed by atoms with E-state index in [9.17, 15) is 0 Å². The molecule has 0 bridgehead atoms. The number of rotatable bonds is 0. The highest BCUT2D eigenvalue weighted by Crippen LogP contribution is 2.42. The Morgan fingerprint density at radius 3 is 1.96 bits per heavy atom. The summed E-state index contributed by atoms with van der Waals surface area (Å²) in [5, 5.41) is 10.7. The molecule has 0 saturated carbocycles. The van der Waals surface area contributed by atoms with Crippen LogP contribution in [0.5, 0.6) is 0 Å². The molecular formula is C22H13N. The van der Waals surface area contributed by atoms with Crippen molar-refractivity contribution in [2.24, 2.45) is 0 Å². The first kappa shape index (κ1) is 11.5. The summed E-state index contributed by atoms with van der Waals surface area (Å²) in [6.45, 7) is 0. The Bertz CT molecular complexity index is 1350. The molecule has 6 aromatic rings. The number of hydrogen-bond acceptors (Lipinski definition) is 0. The van der Waals surface area contributed by atoms with E-state index in [1.807, 2.05) is 0 Å². The molecule has 0 aliphatic rings. The van der Waals surface area contributed by atoms with Crippen LogP contribution in [0, 0.1) is 0 Å². The first-order chi connectivity index (χ1) is 11.4. The van der Waals surface area contributed by atoms with Gasteiger partial charge in [-0.05, 0) is 33.0 Å². The molecule has 0 saturated heterocycles. The van der Waals surface area contributed by atoms with Crippen LogP contribution in [0.2, 0.25) is 0 Å². The largest absolute Gasteiger partial charge is 0.354 e. The van der Waals surface area contributed by atoms with Gasteiger partial charge in [0, 0.05) is 21.7 Å². The van der Waals surface area contributed by atoms with E-state index in [2.05, 4.69) is 77.8 Å². The summed E-state index contributed by atoms with van der Waals surface area (Å²) >= 11 is 0. The number of aromatic nitrogens is 1. The lowest BCUT2D eigenvalue weighted by Gasteiger charge is -2.12. The van der Waals surface area contributed by atoms with E-state index in [1.54, 1.807) is 0 Å². The monoisotopic (exact) mass is 291 g/mol. The third kappa shape index (κ3) is 1.29. The minimum atomic E-state index is 1.21. The molecule has 0 unspecified atom stereocenters. The Morgan fingerprint density at radius 2 is 1.13 bits per heavy atom. The van der Waals surface area contributed by atoms with E-state index >= 15 is 0 Å². The van der Waals surface area contributed by atoms with Gasteiger partial charge in [-0.1, -0.05) is 66.7 Å². The number of hydrogen-bond donors (Lipinski definition) is 1. The number of nitrogens with one attached hydrogen (secondary N) is 1. The molecule has 1 N–H and O–H groups in total. The van der Waals surface area contributed by atoms with Crippen LogP contribution in [0.1, 0.15) is 0 Å². The van der Waals surface area contributed by atoms with Crippen molar-refractivity contribution in [3.8, 4) is 0 Å². The van der Waals surface area contributed by atoms with E-state index in [4.69, 9.17) is 0 Å². The molecule has 0 radical (unpaired) electrons. The molecule has 0 amide bonds. The van der Waals surface area contributed by atoms with Crippen molar-refractivity contribution in [2.45, 2.75) is 0 Å². The Kier molecular flexibility index (Phi) is 1.91. The van der Waals surface area contributed by atoms with Crippen molar-refractivity contribution in [2.75, 3.05) is 0 Å². The fourth-order valence-corrected chi connectivity index (χ4v) is 4.20. The highest BCUT2D eigenvalue weighted by Gasteiger charge is 2.15. The second kappa shape index (κ2) is 3.82. The van der Waals surface area contributed by atoms with E-state index < -0.39 is 0 Å². The lowest BCUT2D eigenvalue weighted by molar-refractivity contribution is 1.57. The van der Waals surface area contributed by atoms with Crippen LogP contribution in [0.15, 0.2) is 72.8 Å². The van der Waals surface area contributed by atoms with Gasteiger partial charge in [-0.2, -0.15) is 0 Å². The number of aromatic amines is 1. The number of H-pyrrole nitrogens is 1. The molecule has 1 heteroatoms. The van der Waals surface area contributed by atoms with Crippen LogP contribution in [0.4, 0.5) is 0 Å². The van der Waals surface area contributed by atoms with Crippen LogP contribution in [-0.4, -0.2) is 4.98 Å². The van der Waals surface area contributed by atoms with Crippen LogP contribution < -0.4 is 0 Å². The van der Waals surface area contributed by atoms with Crippen LogP contribution in [0.3, 0.4) is 0 Å². The van der Waals surface area contributed by atoms with Gasteiger partial charge in [0.2, 0.25) is 0 Å². The lowest BCUT2D eigenvalue weighted by Crippen LogP contribution is -1.85. The second-order valence-corrected chi connectivity index (χ2v) is 6.29. The molecule has 23 heavy (non-hydrogen) atoms. The van der Waals surface area contributed by atoms with Crippen molar-refractivity contribution in [1.82, 2.24) is 4.98 Å². The molecule has 106 valence electrons. The summed E-state index contributed by atoms with van der Waals surface area (Å²) in [5.41, 5.74) is 2.46. The molecule has 1 nitrogen and oxygen atoms in total. The molecule has 0 aliphatic carbocycles. The highest BCUT2D eigenvalue weighted by molar-refractivity contribution is 6.37. The number of fused-ring (bicyclic) bond motifs is 5. The highest BCUT2D eigenvalue weighted by atomic mass is 14.7. The minimum Gasteiger partial charge on any atom is -0.354 e. The molecule has 0 atom stereocenters. The maximum Gasteiger partial charge on any atom is 0.0551 e. The molecule has 5 aromatic carbocycles. The van der Waals surface area contributed by atoms with Crippen molar-refractivity contribution >= 4 is 54.1 Å². The van der Waals surface area contributed by atoms with Crippen LogP contribution >= 0.6 is 0 Å². The average molecular weight is 291 g/mol. The van der Waals surface area contributed by atoms with E-state index in [0.717, 1.165) is 0 Å². The number of benzene rings is 5. The zero-order valence-electron chi connectivity index (χ0n) is 12.4. The Balaban J connectivity index is 2.13. The van der Waals surface area contributed by atoms with Gasteiger partial charge in [0.25, 0.3) is 0 Å². The van der Waals surface area contributed by atoms with Crippen LogP contribution in [-0.2, 0) is 0 Å². The molecule has 0 aliphatic heterocycles. The van der Waals surface area contributed by atoms with Crippen molar-refractivity contribution in [1.29, 1.82) is 0 Å². The summed E-state index contributed by atoms with van der Waals surface area (Å²) in [4.78, 5) is 3.66. The molecule has 0 fully saturated rings. The normalized spacial score (nSPS) is 12.3. The topological polar surface area (TPSA) is 15.8 Å². The SMILES string of the molecule is c1ccc2c(c1)[nH]c1c3cccc4ccc5cccc(c21)c5c43. The molecular weight excluding hydrogens is 278 g/mol. The fourth-order valence-electron chi connectivity index (χ4n) is 4.20. The first-order valence-electron chi connectivity index (χ1n) is 7.98. The maximum atomic E-state index is 3.66. The smallest absolute Gasteiger partial charge is 0.0551 e. The Labute approximate surface area is 132 Å². The van der Waals surface area contributed by atoms with Crippen molar-refractivity contribution in [3.63, 3.8) is 0 Å². The third-order valence-corrected chi connectivity index (χ3v) is 5.13. The quantitative estimate of drug-likeness (QED) is 0.320. The van der Waals surface area contributed by atoms with Crippen LogP contribution in [0.25, 0.3) is 54.1 Å². The maximum absolute atomic E-state index is 3.66. The summed E-state index contributed by atoms with van der Waals surface area (Å²) in [6, 6.07) is 26.3. The van der Waals surface area contributed by atoms with Gasteiger partial charge in [0.15, 0.2) is 0 Å². The van der Waals surface area contributed by atoms with Gasteiger partial charge in [0.05, 0.1) is 5.52 Å². The zero-order chi connectivity index (χ0) is 15.0. The predicted octanol–water partition coefficient (Wildman–Crippen LogP) is 6.22. The number of para-hydroxylation sites is 1. The molecule has 0 spiro atoms. The second-order valence-electron chi connectivity index (χ2n) is 6.29. The van der Waals surface area contributed by atoms with E-state index in [-0.39, 0.29) is 0 Å². The van der Waals surface area contributed by atoms with Crippen molar-refractivity contribution < 1.29 is 0 Å². The first-order valence-corrected chi connectivity index (χ1v) is 7.98. The average Bonchev–Trinajstić information content (AvgIpc) is 3.00. The minimum absolute atomic E-state index is 1.21. The third-order valence-electron chi connectivity index (χ3n) is 5.13. The van der Waals surface area contributed by atoms with Crippen molar-refractivity contribution in [3.05, 3.63) is 72.8 Å². The molecule has 6 rings (SSSR count). The summed E-state index contributed by atoms with van der Waals surface area (Å²) in [6.07, 6.45) is 0. The molecule has 1 heterocycles. The molecule has 1 aromatic heterocycles. The van der Waals surface area contributed by atoms with E-state index in [0.29, 0.717) is 0 Å². The predicted molar refractivity (Wildman–Crippen MR) is 99.5 cm³/mol. The zero-order valence-corrected chi connectivity index (χ0v) is 12.4. The summed E-state index contributed by atoms with van der Waals surface area (Å²) in [7, 11) is 0. The fraction of sp³-hybridized carbons (Fsp3) is 0. The summed E-state index contributed by atoms with van der Waals surface area (Å²) in [5.74, 6) is 0. The van der Waals surface area contributed by atoms with Gasteiger partial charge in [0.1, 0.15) is 0 Å². The lowest BCUT2D eigenvalue weighted by atomic mass is 9.91. The van der Waals surface area contributed by atoms with Gasteiger partial charge in [-0.15, -0.1) is 0 Å². The van der Waals surface area contributed by atoms with E-state index in [1.165, 1.54) is 54.1 Å². The Morgan fingerprint density at radius 1 is 0.478 bits per heavy atom.